The van der Waals surface area contributed by atoms with Crippen molar-refractivity contribution in [1.82, 2.24) is 10.3 Å². The summed E-state index contributed by atoms with van der Waals surface area (Å²) in [6.07, 6.45) is 5.38. The van der Waals surface area contributed by atoms with Crippen LogP contribution in [0.3, 0.4) is 0 Å². The number of hydrogen-bond acceptors (Lipinski definition) is 4. The van der Waals surface area contributed by atoms with Crippen LogP contribution in [0.25, 0.3) is 6.08 Å². The van der Waals surface area contributed by atoms with Gasteiger partial charge in [-0.2, -0.15) is 0 Å². The first-order valence-corrected chi connectivity index (χ1v) is 5.58. The van der Waals surface area contributed by atoms with E-state index in [0.29, 0.717) is 6.04 Å². The van der Waals surface area contributed by atoms with E-state index >= 15 is 0 Å². The number of rotatable bonds is 4. The summed E-state index contributed by atoms with van der Waals surface area (Å²) in [6.45, 7) is 2.00. The predicted octanol–water partition coefficient (Wildman–Crippen LogP) is 1.80. The second-order valence-electron chi connectivity index (χ2n) is 3.98. The van der Waals surface area contributed by atoms with E-state index in [-0.39, 0.29) is 24.8 Å². The maximum absolute atomic E-state index is 10.3. The number of nitrogens with one attached hydrogen (secondary N) is 2. The van der Waals surface area contributed by atoms with Crippen LogP contribution in [0.15, 0.2) is 24.4 Å². The zero-order valence-corrected chi connectivity index (χ0v) is 11.8. The van der Waals surface area contributed by atoms with Crippen molar-refractivity contribution in [3.05, 3.63) is 30.0 Å². The molecule has 1 atom stereocenters. The van der Waals surface area contributed by atoms with Gasteiger partial charge in [0.25, 0.3) is 0 Å². The molecular formula is C12H17Cl2N3O2. The first-order valence-electron chi connectivity index (χ1n) is 5.58. The third-order valence-corrected chi connectivity index (χ3v) is 2.62. The first kappa shape index (κ1) is 17.7. The summed E-state index contributed by atoms with van der Waals surface area (Å²) in [4.78, 5) is 14.6. The van der Waals surface area contributed by atoms with Crippen LogP contribution in [-0.2, 0) is 4.79 Å². The normalized spacial score (nSPS) is 17.6. The standard InChI is InChI=1S/C12H15N3O2.2ClH/c16-12(17)4-2-9-1-3-11(14-7-9)15-10-5-6-13-8-10;;/h1-4,7,10,13H,5-6,8H2,(H,14,15)(H,16,17);2*1H/b4-2+;;/t10-;;/m1../s1. The second-order valence-corrected chi connectivity index (χ2v) is 3.98. The fourth-order valence-corrected chi connectivity index (χ4v) is 1.74. The Morgan fingerprint density at radius 3 is 2.79 bits per heavy atom. The van der Waals surface area contributed by atoms with E-state index in [2.05, 4.69) is 15.6 Å². The van der Waals surface area contributed by atoms with Crippen molar-refractivity contribution in [3.8, 4) is 0 Å². The van der Waals surface area contributed by atoms with E-state index in [0.717, 1.165) is 37.0 Å². The van der Waals surface area contributed by atoms with Gasteiger partial charge in [0.05, 0.1) is 0 Å². The van der Waals surface area contributed by atoms with Gasteiger partial charge in [0, 0.05) is 24.9 Å². The summed E-state index contributed by atoms with van der Waals surface area (Å²) in [5, 5.41) is 15.1. The molecule has 0 unspecified atom stereocenters. The van der Waals surface area contributed by atoms with E-state index in [1.165, 1.54) is 6.08 Å². The first-order chi connectivity index (χ1) is 8.24. The molecule has 7 heteroatoms. The Balaban J connectivity index is 0.00000162. The van der Waals surface area contributed by atoms with Gasteiger partial charge in [-0.25, -0.2) is 9.78 Å². The van der Waals surface area contributed by atoms with Gasteiger partial charge in [0.15, 0.2) is 0 Å². The number of aliphatic carboxylic acids is 1. The molecule has 0 spiro atoms. The average molecular weight is 306 g/mol. The van der Waals surface area contributed by atoms with Crippen molar-refractivity contribution < 1.29 is 9.90 Å². The molecule has 2 heterocycles. The lowest BCUT2D eigenvalue weighted by Crippen LogP contribution is -2.22. The van der Waals surface area contributed by atoms with Crippen molar-refractivity contribution in [3.63, 3.8) is 0 Å². The number of halogens is 2. The van der Waals surface area contributed by atoms with Crippen LogP contribution in [-0.4, -0.2) is 35.2 Å². The van der Waals surface area contributed by atoms with Crippen LogP contribution in [0, 0.1) is 0 Å². The van der Waals surface area contributed by atoms with Crippen molar-refractivity contribution in [1.29, 1.82) is 0 Å². The third kappa shape index (κ3) is 5.92. The van der Waals surface area contributed by atoms with Crippen molar-refractivity contribution in [2.24, 2.45) is 0 Å². The molecule has 1 fully saturated rings. The summed E-state index contributed by atoms with van der Waals surface area (Å²) in [7, 11) is 0. The molecule has 0 saturated carbocycles. The smallest absolute Gasteiger partial charge is 0.328 e. The number of hydrogen-bond donors (Lipinski definition) is 3. The molecule has 1 aliphatic heterocycles. The minimum atomic E-state index is -0.954. The molecule has 0 aromatic carbocycles. The summed E-state index contributed by atoms with van der Waals surface area (Å²) in [5.41, 5.74) is 0.780. The topological polar surface area (TPSA) is 74.2 Å². The van der Waals surface area contributed by atoms with E-state index < -0.39 is 5.97 Å². The number of carbonyl (C=O) groups is 1. The Labute approximate surface area is 124 Å². The number of aromatic nitrogens is 1. The van der Waals surface area contributed by atoms with Crippen LogP contribution in [0.5, 0.6) is 0 Å². The van der Waals surface area contributed by atoms with E-state index in [1.54, 1.807) is 6.20 Å². The van der Waals surface area contributed by atoms with E-state index in [4.69, 9.17) is 5.11 Å². The number of nitrogens with zero attached hydrogens (tertiary/aromatic N) is 1. The number of carboxylic acids is 1. The lowest BCUT2D eigenvalue weighted by molar-refractivity contribution is -0.131. The highest BCUT2D eigenvalue weighted by molar-refractivity contribution is 5.86. The largest absolute Gasteiger partial charge is 0.478 e. The van der Waals surface area contributed by atoms with Gasteiger partial charge in [0.2, 0.25) is 0 Å². The van der Waals surface area contributed by atoms with Gasteiger partial charge >= 0.3 is 5.97 Å². The maximum atomic E-state index is 10.3. The molecule has 2 rings (SSSR count). The molecule has 1 aromatic heterocycles. The van der Waals surface area contributed by atoms with Crippen molar-refractivity contribution in [2.45, 2.75) is 12.5 Å². The molecule has 0 bridgehead atoms. The zero-order valence-electron chi connectivity index (χ0n) is 10.2. The third-order valence-electron chi connectivity index (χ3n) is 2.62. The molecule has 1 saturated heterocycles. The summed E-state index contributed by atoms with van der Waals surface area (Å²) in [5.74, 6) is -0.129. The van der Waals surface area contributed by atoms with Gasteiger partial charge < -0.3 is 15.7 Å². The summed E-state index contributed by atoms with van der Waals surface area (Å²) >= 11 is 0. The lowest BCUT2D eigenvalue weighted by Gasteiger charge is -2.11. The van der Waals surface area contributed by atoms with Gasteiger partial charge in [-0.15, -0.1) is 24.8 Å². The highest BCUT2D eigenvalue weighted by atomic mass is 35.5. The van der Waals surface area contributed by atoms with E-state index in [9.17, 15) is 4.79 Å². The SMILES string of the molecule is Cl.Cl.O=C(O)/C=C/c1ccc(N[C@@H]2CCNC2)nc1. The highest BCUT2D eigenvalue weighted by Crippen LogP contribution is 2.10. The Hall–Kier alpha value is -1.30. The lowest BCUT2D eigenvalue weighted by atomic mass is 10.2. The Morgan fingerprint density at radius 1 is 1.47 bits per heavy atom. The van der Waals surface area contributed by atoms with Crippen LogP contribution < -0.4 is 10.6 Å². The molecule has 106 valence electrons. The Kier molecular flexibility index (Phi) is 8.14. The average Bonchev–Trinajstić information content (AvgIpc) is 2.81. The minimum absolute atomic E-state index is 0. The molecule has 5 nitrogen and oxygen atoms in total. The highest BCUT2D eigenvalue weighted by Gasteiger charge is 2.13. The number of pyridine rings is 1. The molecule has 0 radical (unpaired) electrons. The van der Waals surface area contributed by atoms with Crippen molar-refractivity contribution >= 4 is 42.7 Å². The number of carboxylic acid groups (broad SMARTS) is 1. The molecule has 3 N–H and O–H groups in total. The Bertz CT molecular complexity index is 417. The fraction of sp³-hybridized carbons (Fsp3) is 0.333. The monoisotopic (exact) mass is 305 g/mol. The summed E-state index contributed by atoms with van der Waals surface area (Å²) < 4.78 is 0. The van der Waals surface area contributed by atoms with Gasteiger partial charge in [-0.3, -0.25) is 0 Å². The Morgan fingerprint density at radius 2 is 2.26 bits per heavy atom. The van der Waals surface area contributed by atoms with Gasteiger partial charge in [0.1, 0.15) is 5.82 Å². The molecule has 0 aliphatic carbocycles. The predicted molar refractivity (Wildman–Crippen MR) is 80.3 cm³/mol. The van der Waals surface area contributed by atoms with Crippen LogP contribution in [0.4, 0.5) is 5.82 Å². The second kappa shape index (κ2) is 8.74. The molecular weight excluding hydrogens is 289 g/mol. The molecule has 0 amide bonds. The molecule has 1 aromatic rings. The fourth-order valence-electron chi connectivity index (χ4n) is 1.74. The minimum Gasteiger partial charge on any atom is -0.478 e. The molecule has 1 aliphatic rings. The van der Waals surface area contributed by atoms with Crippen molar-refractivity contribution in [2.75, 3.05) is 18.4 Å². The molecule has 19 heavy (non-hydrogen) atoms. The summed E-state index contributed by atoms with van der Waals surface area (Å²) in [6, 6.07) is 4.14. The van der Waals surface area contributed by atoms with Gasteiger partial charge in [-0.1, -0.05) is 0 Å². The maximum Gasteiger partial charge on any atom is 0.328 e. The zero-order chi connectivity index (χ0) is 12.1. The quantitative estimate of drug-likeness (QED) is 0.740. The van der Waals surface area contributed by atoms with E-state index in [1.807, 2.05) is 12.1 Å². The van der Waals surface area contributed by atoms with Crippen LogP contribution >= 0.6 is 24.8 Å². The van der Waals surface area contributed by atoms with Gasteiger partial charge in [-0.05, 0) is 36.7 Å². The van der Waals surface area contributed by atoms with Crippen LogP contribution in [0.1, 0.15) is 12.0 Å². The number of anilines is 1. The van der Waals surface area contributed by atoms with Crippen LogP contribution in [0.2, 0.25) is 0 Å².